The Morgan fingerprint density at radius 1 is 1.21 bits per heavy atom. The zero-order valence-corrected chi connectivity index (χ0v) is 16.9. The first-order chi connectivity index (χ1) is 13.5. The van der Waals surface area contributed by atoms with Crippen LogP contribution in [0.3, 0.4) is 0 Å². The number of aliphatic carboxylic acids is 1. The third-order valence-corrected chi connectivity index (χ3v) is 5.28. The summed E-state index contributed by atoms with van der Waals surface area (Å²) in [5.41, 5.74) is 1.87. The van der Waals surface area contributed by atoms with Crippen molar-refractivity contribution in [1.29, 1.82) is 0 Å². The van der Waals surface area contributed by atoms with Gasteiger partial charge in [0, 0.05) is 16.9 Å². The molecule has 0 bridgehead atoms. The summed E-state index contributed by atoms with van der Waals surface area (Å²) in [6.45, 7) is 0.471. The summed E-state index contributed by atoms with van der Waals surface area (Å²) >= 11 is 4.42. The van der Waals surface area contributed by atoms with Gasteiger partial charge in [0.1, 0.15) is 12.4 Å². The molecule has 2 aromatic rings. The molecule has 0 radical (unpaired) electrons. The minimum Gasteiger partial charge on any atom is -0.550 e. The Morgan fingerprint density at radius 3 is 2.61 bits per heavy atom. The molecule has 1 atom stereocenters. The van der Waals surface area contributed by atoms with Gasteiger partial charge in [-0.3, -0.25) is 4.79 Å². The van der Waals surface area contributed by atoms with Gasteiger partial charge in [0.15, 0.2) is 5.17 Å². The van der Waals surface area contributed by atoms with Crippen LogP contribution in [0.5, 0.6) is 5.75 Å². The Morgan fingerprint density at radius 2 is 1.93 bits per heavy atom. The molecule has 1 heterocycles. The molecule has 1 saturated heterocycles. The van der Waals surface area contributed by atoms with E-state index in [9.17, 15) is 14.7 Å². The van der Waals surface area contributed by atoms with Gasteiger partial charge in [-0.1, -0.05) is 39.8 Å². The molecule has 7 nitrogen and oxygen atoms in total. The van der Waals surface area contributed by atoms with Crippen molar-refractivity contribution in [2.75, 3.05) is 0 Å². The number of halogens is 1. The first-order valence-electron chi connectivity index (χ1n) is 8.25. The summed E-state index contributed by atoms with van der Waals surface area (Å²) in [6.07, 6.45) is 1.17. The van der Waals surface area contributed by atoms with Crippen LogP contribution in [0.1, 0.15) is 17.5 Å². The molecular formula is C19H15BrN3O4S-. The van der Waals surface area contributed by atoms with Gasteiger partial charge in [0.25, 0.3) is 0 Å². The second kappa shape index (κ2) is 9.52. The number of thioether (sulfide) groups is 1. The molecule has 0 aliphatic carbocycles. The molecule has 144 valence electrons. The largest absolute Gasteiger partial charge is 0.550 e. The van der Waals surface area contributed by atoms with Crippen LogP contribution in [0, 0.1) is 0 Å². The third kappa shape index (κ3) is 5.93. The summed E-state index contributed by atoms with van der Waals surface area (Å²) in [5, 5.41) is 20.4. The SMILES string of the molecule is O=C([O-])C[C@@H]1S/C(=N\N=C/c2ccc(OCc3ccc(Br)cc3)cc2)NC1=O. The van der Waals surface area contributed by atoms with Crippen LogP contribution >= 0.6 is 27.7 Å². The highest BCUT2D eigenvalue weighted by molar-refractivity contribution is 9.10. The van der Waals surface area contributed by atoms with Crippen molar-refractivity contribution < 1.29 is 19.4 Å². The molecule has 2 aromatic carbocycles. The molecule has 1 aliphatic heterocycles. The molecule has 1 aliphatic rings. The van der Waals surface area contributed by atoms with Gasteiger partial charge in [-0.05, 0) is 47.5 Å². The lowest BCUT2D eigenvalue weighted by Gasteiger charge is -2.06. The van der Waals surface area contributed by atoms with Gasteiger partial charge < -0.3 is 20.0 Å². The summed E-state index contributed by atoms with van der Waals surface area (Å²) in [6, 6.07) is 15.2. The first-order valence-corrected chi connectivity index (χ1v) is 9.92. The fraction of sp³-hybridized carbons (Fsp3) is 0.158. The fourth-order valence-corrected chi connectivity index (χ4v) is 3.46. The Labute approximate surface area is 174 Å². The zero-order valence-electron chi connectivity index (χ0n) is 14.5. The number of ether oxygens (including phenoxy) is 1. The number of amidine groups is 1. The maximum absolute atomic E-state index is 11.6. The maximum atomic E-state index is 11.6. The number of nitrogens with zero attached hydrogens (tertiary/aromatic N) is 2. The lowest BCUT2D eigenvalue weighted by molar-refractivity contribution is -0.305. The van der Waals surface area contributed by atoms with E-state index in [-0.39, 0.29) is 11.6 Å². The van der Waals surface area contributed by atoms with Crippen LogP contribution in [0.25, 0.3) is 0 Å². The lowest BCUT2D eigenvalue weighted by Crippen LogP contribution is -2.31. The van der Waals surface area contributed by atoms with Gasteiger partial charge in [-0.15, -0.1) is 5.10 Å². The number of nitrogens with one attached hydrogen (secondary N) is 1. The van der Waals surface area contributed by atoms with E-state index in [0.29, 0.717) is 6.61 Å². The number of carboxylic acid groups (broad SMARTS) is 1. The molecule has 28 heavy (non-hydrogen) atoms. The molecule has 0 spiro atoms. The fourth-order valence-electron chi connectivity index (χ4n) is 2.28. The smallest absolute Gasteiger partial charge is 0.239 e. The molecule has 0 saturated carbocycles. The first kappa shape index (κ1) is 20.1. The van der Waals surface area contributed by atoms with Gasteiger partial charge in [-0.25, -0.2) is 0 Å². The van der Waals surface area contributed by atoms with Crippen molar-refractivity contribution in [3.8, 4) is 5.75 Å². The van der Waals surface area contributed by atoms with Crippen LogP contribution in [0.2, 0.25) is 0 Å². The van der Waals surface area contributed by atoms with E-state index in [1.54, 1.807) is 0 Å². The summed E-state index contributed by atoms with van der Waals surface area (Å²) in [5.74, 6) is -0.953. The molecule has 1 N–H and O–H groups in total. The van der Waals surface area contributed by atoms with E-state index in [0.717, 1.165) is 33.1 Å². The van der Waals surface area contributed by atoms with Gasteiger partial charge in [-0.2, -0.15) is 5.10 Å². The van der Waals surface area contributed by atoms with Gasteiger partial charge >= 0.3 is 0 Å². The Hall–Kier alpha value is -2.65. The van der Waals surface area contributed by atoms with Crippen molar-refractivity contribution in [3.05, 3.63) is 64.1 Å². The van der Waals surface area contributed by atoms with Crippen molar-refractivity contribution in [2.24, 2.45) is 10.2 Å². The van der Waals surface area contributed by atoms with Crippen molar-refractivity contribution in [2.45, 2.75) is 18.3 Å². The standard InChI is InChI=1S/C19H16BrN3O4S/c20-14-5-1-13(2-6-14)11-27-15-7-3-12(4-8-15)10-21-23-19-22-18(26)16(28-19)9-17(24)25/h1-8,10,16H,9,11H2,(H,24,25)(H,22,23,26)/p-1/b21-10-/t16-/m0/s1. The molecule has 1 fully saturated rings. The number of rotatable bonds is 7. The minimum absolute atomic E-state index is 0.266. The monoisotopic (exact) mass is 460 g/mol. The van der Waals surface area contributed by atoms with Crippen LogP contribution in [0.4, 0.5) is 0 Å². The predicted molar refractivity (Wildman–Crippen MR) is 109 cm³/mol. The highest BCUT2D eigenvalue weighted by Gasteiger charge is 2.30. The molecule has 9 heteroatoms. The number of amides is 1. The molecular weight excluding hydrogens is 446 g/mol. The molecule has 0 unspecified atom stereocenters. The maximum Gasteiger partial charge on any atom is 0.239 e. The lowest BCUT2D eigenvalue weighted by atomic mass is 10.2. The Balaban J connectivity index is 1.52. The second-order valence-electron chi connectivity index (χ2n) is 5.81. The van der Waals surface area contributed by atoms with Crippen LogP contribution in [-0.4, -0.2) is 28.5 Å². The van der Waals surface area contributed by atoms with E-state index >= 15 is 0 Å². The average Bonchev–Trinajstić information content (AvgIpc) is 3.01. The van der Waals surface area contributed by atoms with E-state index in [1.165, 1.54) is 6.21 Å². The van der Waals surface area contributed by atoms with Crippen LogP contribution in [0.15, 0.2) is 63.2 Å². The summed E-state index contributed by atoms with van der Waals surface area (Å²) < 4.78 is 6.76. The minimum atomic E-state index is -1.28. The van der Waals surface area contributed by atoms with Crippen molar-refractivity contribution in [3.63, 3.8) is 0 Å². The topological polar surface area (TPSA) is 103 Å². The predicted octanol–water partition coefficient (Wildman–Crippen LogP) is 2.09. The average molecular weight is 461 g/mol. The highest BCUT2D eigenvalue weighted by Crippen LogP contribution is 2.22. The van der Waals surface area contributed by atoms with E-state index in [2.05, 4.69) is 31.4 Å². The van der Waals surface area contributed by atoms with Crippen molar-refractivity contribution in [1.82, 2.24) is 5.32 Å². The number of carbonyl (C=O) groups excluding carboxylic acids is 2. The number of benzene rings is 2. The van der Waals surface area contributed by atoms with Crippen molar-refractivity contribution >= 4 is 51.0 Å². The molecule has 3 rings (SSSR count). The highest BCUT2D eigenvalue weighted by atomic mass is 79.9. The Kier molecular flexibility index (Phi) is 6.83. The van der Waals surface area contributed by atoms with Gasteiger partial charge in [0.2, 0.25) is 5.91 Å². The summed E-state index contributed by atoms with van der Waals surface area (Å²) in [7, 11) is 0. The molecule has 1 amide bonds. The Bertz CT molecular complexity index is 914. The van der Waals surface area contributed by atoms with E-state index < -0.39 is 17.1 Å². The zero-order chi connectivity index (χ0) is 19.9. The quantitative estimate of drug-likeness (QED) is 0.503. The van der Waals surface area contributed by atoms with E-state index in [1.807, 2.05) is 48.5 Å². The van der Waals surface area contributed by atoms with Gasteiger partial charge in [0.05, 0.1) is 11.5 Å². The third-order valence-electron chi connectivity index (χ3n) is 3.68. The normalized spacial score (nSPS) is 17.8. The number of carboxylic acids is 1. The van der Waals surface area contributed by atoms with Crippen LogP contribution < -0.4 is 15.2 Å². The second-order valence-corrected chi connectivity index (χ2v) is 7.91. The number of carbonyl (C=O) groups is 2. The summed E-state index contributed by atoms with van der Waals surface area (Å²) in [4.78, 5) is 22.2. The van der Waals surface area contributed by atoms with Crippen LogP contribution in [-0.2, 0) is 16.2 Å². The number of hydrogen-bond acceptors (Lipinski definition) is 7. The van der Waals surface area contributed by atoms with E-state index in [4.69, 9.17) is 4.74 Å². The number of hydrogen-bond donors (Lipinski definition) is 1. The molecule has 0 aromatic heterocycles.